The summed E-state index contributed by atoms with van der Waals surface area (Å²) in [5, 5.41) is 0. The number of anilines is 1. The first-order valence-corrected chi connectivity index (χ1v) is 4.31. The second-order valence-corrected chi connectivity index (χ2v) is 3.52. The van der Waals surface area contributed by atoms with E-state index in [1.165, 1.54) is 6.07 Å². The smallest absolute Gasteiger partial charge is 0.398 e. The third-order valence-electron chi connectivity index (χ3n) is 1.41. The van der Waals surface area contributed by atoms with Gasteiger partial charge < -0.3 is 10.3 Å². The lowest BCUT2D eigenvalue weighted by atomic mass is 10.4. The Morgan fingerprint density at radius 2 is 2.07 bits per heavy atom. The van der Waals surface area contributed by atoms with Crippen LogP contribution in [0.4, 0.5) is 18.9 Å². The maximum absolute atomic E-state index is 12.0. The van der Waals surface area contributed by atoms with E-state index in [0.29, 0.717) is 4.57 Å². The molecule has 0 amide bonds. The highest BCUT2D eigenvalue weighted by molar-refractivity contribution is 9.10. The van der Waals surface area contributed by atoms with Crippen molar-refractivity contribution in [2.45, 2.75) is 12.7 Å². The van der Waals surface area contributed by atoms with Crippen molar-refractivity contribution >= 4 is 21.6 Å². The van der Waals surface area contributed by atoms with Crippen LogP contribution in [0.5, 0.6) is 0 Å². The average Bonchev–Trinajstić information content (AvgIpc) is 1.96. The number of nitrogens with two attached hydrogens (primary N) is 1. The second kappa shape index (κ2) is 3.64. The molecule has 1 rings (SSSR count). The summed E-state index contributed by atoms with van der Waals surface area (Å²) in [6.45, 7) is -1.34. The summed E-state index contributed by atoms with van der Waals surface area (Å²) >= 11 is 2.82. The number of nitrogens with zero attached hydrogens (tertiary/aromatic N) is 1. The van der Waals surface area contributed by atoms with Crippen LogP contribution < -0.4 is 11.3 Å². The van der Waals surface area contributed by atoms with Gasteiger partial charge in [0, 0.05) is 11.9 Å². The second-order valence-electron chi connectivity index (χ2n) is 2.67. The summed E-state index contributed by atoms with van der Waals surface area (Å²) in [6.07, 6.45) is -3.47. The quantitative estimate of drug-likeness (QED) is 0.845. The monoisotopic (exact) mass is 270 g/mol. The number of aromatic nitrogens is 1. The Kier molecular flexibility index (Phi) is 2.89. The van der Waals surface area contributed by atoms with E-state index >= 15 is 0 Å². The van der Waals surface area contributed by atoms with Crippen LogP contribution in [0.15, 0.2) is 21.5 Å². The number of pyridine rings is 1. The van der Waals surface area contributed by atoms with Crippen molar-refractivity contribution in [1.82, 2.24) is 4.57 Å². The van der Waals surface area contributed by atoms with Crippen LogP contribution in [-0.2, 0) is 6.54 Å². The first kappa shape index (κ1) is 11.1. The van der Waals surface area contributed by atoms with E-state index in [9.17, 15) is 18.0 Å². The molecule has 0 atom stereocenters. The van der Waals surface area contributed by atoms with Crippen LogP contribution in [0, 0.1) is 0 Å². The van der Waals surface area contributed by atoms with Crippen LogP contribution in [-0.4, -0.2) is 10.7 Å². The van der Waals surface area contributed by atoms with Gasteiger partial charge in [0.25, 0.3) is 5.56 Å². The lowest BCUT2D eigenvalue weighted by molar-refractivity contribution is -0.141. The lowest BCUT2D eigenvalue weighted by Gasteiger charge is -2.10. The van der Waals surface area contributed by atoms with E-state index < -0.39 is 18.3 Å². The number of hydrogen-bond acceptors (Lipinski definition) is 2. The molecule has 0 aliphatic carbocycles. The van der Waals surface area contributed by atoms with Crippen LogP contribution in [0.3, 0.4) is 0 Å². The molecule has 0 spiro atoms. The fraction of sp³-hybridized carbons (Fsp3) is 0.286. The molecule has 0 bridgehead atoms. The number of nitrogen functional groups attached to an aromatic ring is 1. The molecular weight excluding hydrogens is 265 g/mol. The Morgan fingerprint density at radius 1 is 1.50 bits per heavy atom. The predicted octanol–water partition coefficient (Wildman–Crippen LogP) is 1.76. The minimum atomic E-state index is -4.43. The zero-order valence-electron chi connectivity index (χ0n) is 6.81. The van der Waals surface area contributed by atoms with Crippen LogP contribution in [0.25, 0.3) is 0 Å². The molecule has 78 valence electrons. The van der Waals surface area contributed by atoms with Crippen molar-refractivity contribution in [3.05, 3.63) is 27.1 Å². The Bertz CT molecular complexity index is 399. The molecule has 0 fully saturated rings. The van der Waals surface area contributed by atoms with E-state index in [4.69, 9.17) is 5.73 Å². The van der Waals surface area contributed by atoms with Gasteiger partial charge in [-0.3, -0.25) is 4.79 Å². The minimum absolute atomic E-state index is 0.0155. The number of alkyl halides is 3. The molecule has 2 N–H and O–H groups in total. The SMILES string of the molecule is Nc1cc(Br)c(=O)n(CC(F)(F)F)c1. The van der Waals surface area contributed by atoms with Gasteiger partial charge in [0.1, 0.15) is 6.54 Å². The fourth-order valence-electron chi connectivity index (χ4n) is 0.932. The van der Waals surface area contributed by atoms with Gasteiger partial charge in [0.2, 0.25) is 0 Å². The Balaban J connectivity index is 3.16. The molecule has 0 aliphatic heterocycles. The van der Waals surface area contributed by atoms with Gasteiger partial charge in [-0.05, 0) is 22.0 Å². The predicted molar refractivity (Wildman–Crippen MR) is 48.9 cm³/mol. The van der Waals surface area contributed by atoms with Crippen molar-refractivity contribution in [2.75, 3.05) is 5.73 Å². The Labute approximate surface area is 85.5 Å². The minimum Gasteiger partial charge on any atom is -0.398 e. The van der Waals surface area contributed by atoms with Crippen molar-refractivity contribution in [1.29, 1.82) is 0 Å². The third-order valence-corrected chi connectivity index (χ3v) is 1.98. The standard InChI is InChI=1S/C7H6BrF3N2O/c8-5-1-4(12)2-13(6(5)14)3-7(9,10)11/h1-2H,3,12H2. The maximum atomic E-state index is 12.0. The highest BCUT2D eigenvalue weighted by Gasteiger charge is 2.28. The van der Waals surface area contributed by atoms with Crippen molar-refractivity contribution < 1.29 is 13.2 Å². The van der Waals surface area contributed by atoms with Gasteiger partial charge in [-0.1, -0.05) is 0 Å². The summed E-state index contributed by atoms with van der Waals surface area (Å²) in [5.41, 5.74) is 4.63. The van der Waals surface area contributed by atoms with Gasteiger partial charge >= 0.3 is 6.18 Å². The molecule has 0 aliphatic rings. The van der Waals surface area contributed by atoms with Crippen LogP contribution >= 0.6 is 15.9 Å². The molecule has 3 nitrogen and oxygen atoms in total. The molecule has 14 heavy (non-hydrogen) atoms. The molecule has 0 unspecified atom stereocenters. The zero-order chi connectivity index (χ0) is 10.9. The van der Waals surface area contributed by atoms with Crippen LogP contribution in [0.2, 0.25) is 0 Å². The van der Waals surface area contributed by atoms with E-state index in [1.807, 2.05) is 0 Å². The summed E-state index contributed by atoms with van der Waals surface area (Å²) in [6, 6.07) is 1.26. The lowest BCUT2D eigenvalue weighted by Crippen LogP contribution is -2.28. The third kappa shape index (κ3) is 2.76. The summed E-state index contributed by atoms with van der Waals surface area (Å²) in [7, 11) is 0. The van der Waals surface area contributed by atoms with Gasteiger partial charge in [-0.2, -0.15) is 13.2 Å². The van der Waals surface area contributed by atoms with Gasteiger partial charge in [-0.15, -0.1) is 0 Å². The summed E-state index contributed by atoms with van der Waals surface area (Å²) in [5.74, 6) is 0. The van der Waals surface area contributed by atoms with Gasteiger partial charge in [-0.25, -0.2) is 0 Å². The fourth-order valence-corrected chi connectivity index (χ4v) is 1.42. The topological polar surface area (TPSA) is 48.0 Å². The Hall–Kier alpha value is -0.980. The highest BCUT2D eigenvalue weighted by Crippen LogP contribution is 2.18. The maximum Gasteiger partial charge on any atom is 0.406 e. The van der Waals surface area contributed by atoms with Gasteiger partial charge in [0.05, 0.1) is 4.47 Å². The largest absolute Gasteiger partial charge is 0.406 e. The summed E-state index contributed by atoms with van der Waals surface area (Å²) in [4.78, 5) is 11.2. The van der Waals surface area contributed by atoms with Crippen molar-refractivity contribution in [3.8, 4) is 0 Å². The van der Waals surface area contributed by atoms with Gasteiger partial charge in [0.15, 0.2) is 0 Å². The molecule has 0 saturated heterocycles. The Morgan fingerprint density at radius 3 is 2.57 bits per heavy atom. The normalized spacial score (nSPS) is 11.7. The number of rotatable bonds is 1. The van der Waals surface area contributed by atoms with E-state index in [1.54, 1.807) is 0 Å². The van der Waals surface area contributed by atoms with E-state index in [-0.39, 0.29) is 10.2 Å². The van der Waals surface area contributed by atoms with Crippen molar-refractivity contribution in [2.24, 2.45) is 0 Å². The van der Waals surface area contributed by atoms with E-state index in [0.717, 1.165) is 6.20 Å². The number of halogens is 4. The average molecular weight is 271 g/mol. The number of hydrogen-bond donors (Lipinski definition) is 1. The highest BCUT2D eigenvalue weighted by atomic mass is 79.9. The zero-order valence-corrected chi connectivity index (χ0v) is 8.39. The molecule has 1 heterocycles. The molecule has 0 aromatic carbocycles. The molecule has 7 heteroatoms. The van der Waals surface area contributed by atoms with Crippen molar-refractivity contribution in [3.63, 3.8) is 0 Å². The van der Waals surface area contributed by atoms with Crippen LogP contribution in [0.1, 0.15) is 0 Å². The molecule has 1 aromatic rings. The first-order chi connectivity index (χ1) is 6.29. The molecule has 0 saturated carbocycles. The van der Waals surface area contributed by atoms with E-state index in [2.05, 4.69) is 15.9 Å². The summed E-state index contributed by atoms with van der Waals surface area (Å²) < 4.78 is 36.4. The molecule has 0 radical (unpaired) electrons. The first-order valence-electron chi connectivity index (χ1n) is 3.52. The molecule has 1 aromatic heterocycles. The molecular formula is C7H6BrF3N2O.